The largest absolute Gasteiger partial charge is 0.317 e. The lowest BCUT2D eigenvalue weighted by Crippen LogP contribution is -2.28. The zero-order chi connectivity index (χ0) is 5.82. The summed E-state index contributed by atoms with van der Waals surface area (Å²) in [5, 5.41) is 3.19. The van der Waals surface area contributed by atoms with Crippen LogP contribution < -0.4 is 5.32 Å². The molecule has 0 aromatic heterocycles. The third kappa shape index (κ3) is 2.96. The second-order valence-corrected chi connectivity index (χ2v) is 2.22. The van der Waals surface area contributed by atoms with Gasteiger partial charge in [-0.1, -0.05) is 0 Å². The monoisotopic (exact) mass is 193 g/mol. The van der Waals surface area contributed by atoms with Crippen molar-refractivity contribution in [3.05, 3.63) is 0 Å². The smallest absolute Gasteiger partial charge is 0.123 e. The zero-order valence-electron chi connectivity index (χ0n) is 5.30. The molecule has 0 radical (unpaired) electrons. The number of carbonyl (C=O) groups is 1. The first-order chi connectivity index (χ1) is 3.93. The van der Waals surface area contributed by atoms with Gasteiger partial charge in [-0.2, -0.15) is 0 Å². The first kappa shape index (κ1) is 9.11. The van der Waals surface area contributed by atoms with Crippen LogP contribution in [0.5, 0.6) is 0 Å². The van der Waals surface area contributed by atoms with Crippen LogP contribution >= 0.6 is 17.0 Å². The molecule has 1 saturated heterocycles. The lowest BCUT2D eigenvalue weighted by atomic mass is 10.0. The Labute approximate surface area is 65.8 Å². The molecule has 3 heteroatoms. The highest BCUT2D eigenvalue weighted by atomic mass is 79.9. The van der Waals surface area contributed by atoms with Crippen LogP contribution in [0.4, 0.5) is 0 Å². The molecule has 1 rings (SSSR count). The Balaban J connectivity index is 0.000000640. The van der Waals surface area contributed by atoms with Crippen LogP contribution in [0.1, 0.15) is 12.8 Å². The molecule has 0 aromatic rings. The molecule has 0 bridgehead atoms. The number of rotatable bonds is 1. The van der Waals surface area contributed by atoms with Crippen LogP contribution in [-0.4, -0.2) is 19.4 Å². The number of hydrogen-bond donors (Lipinski definition) is 1. The molecule has 0 spiro atoms. The maximum absolute atomic E-state index is 10.1. The predicted octanol–water partition coefficient (Wildman–Crippen LogP) is 0.763. The van der Waals surface area contributed by atoms with E-state index in [1.807, 2.05) is 0 Å². The summed E-state index contributed by atoms with van der Waals surface area (Å²) in [6.07, 6.45) is 3.13. The topological polar surface area (TPSA) is 29.1 Å². The molecule has 0 atom stereocenters. The molecule has 0 amide bonds. The number of nitrogens with one attached hydrogen (secondary N) is 1. The molecule has 1 heterocycles. The van der Waals surface area contributed by atoms with Crippen molar-refractivity contribution in [2.75, 3.05) is 13.1 Å². The number of hydrogen-bond acceptors (Lipinski definition) is 2. The second-order valence-electron chi connectivity index (χ2n) is 2.22. The van der Waals surface area contributed by atoms with Crippen molar-refractivity contribution in [2.45, 2.75) is 12.8 Å². The third-order valence-corrected chi connectivity index (χ3v) is 1.58. The molecule has 0 unspecified atom stereocenters. The van der Waals surface area contributed by atoms with Crippen molar-refractivity contribution in [2.24, 2.45) is 5.92 Å². The summed E-state index contributed by atoms with van der Waals surface area (Å²) >= 11 is 0. The fraction of sp³-hybridized carbons (Fsp3) is 0.833. The van der Waals surface area contributed by atoms with E-state index in [2.05, 4.69) is 5.32 Å². The van der Waals surface area contributed by atoms with Gasteiger partial charge in [-0.25, -0.2) is 0 Å². The fourth-order valence-corrected chi connectivity index (χ4v) is 0.980. The van der Waals surface area contributed by atoms with Crippen molar-refractivity contribution < 1.29 is 4.79 Å². The van der Waals surface area contributed by atoms with Crippen LogP contribution in [0.2, 0.25) is 0 Å². The Morgan fingerprint density at radius 2 is 1.89 bits per heavy atom. The highest BCUT2D eigenvalue weighted by Gasteiger charge is 2.09. The summed E-state index contributed by atoms with van der Waals surface area (Å²) in [7, 11) is 0. The quantitative estimate of drug-likeness (QED) is 0.624. The van der Waals surface area contributed by atoms with E-state index < -0.39 is 0 Å². The zero-order valence-corrected chi connectivity index (χ0v) is 7.01. The van der Waals surface area contributed by atoms with Crippen LogP contribution in [0.3, 0.4) is 0 Å². The van der Waals surface area contributed by atoms with E-state index in [1.165, 1.54) is 0 Å². The highest BCUT2D eigenvalue weighted by Crippen LogP contribution is 2.06. The molecule has 0 saturated carbocycles. The lowest BCUT2D eigenvalue weighted by molar-refractivity contribution is -0.111. The van der Waals surface area contributed by atoms with E-state index in [-0.39, 0.29) is 17.0 Å². The van der Waals surface area contributed by atoms with Gasteiger partial charge < -0.3 is 10.1 Å². The minimum absolute atomic E-state index is 0. The average molecular weight is 194 g/mol. The first-order valence-electron chi connectivity index (χ1n) is 3.09. The van der Waals surface area contributed by atoms with Gasteiger partial charge in [0.05, 0.1) is 0 Å². The summed E-state index contributed by atoms with van der Waals surface area (Å²) in [6.45, 7) is 2.03. The highest BCUT2D eigenvalue weighted by molar-refractivity contribution is 8.93. The Kier molecular flexibility index (Phi) is 5.00. The first-order valence-corrected chi connectivity index (χ1v) is 3.09. The second kappa shape index (κ2) is 4.94. The van der Waals surface area contributed by atoms with E-state index in [0.29, 0.717) is 5.92 Å². The van der Waals surface area contributed by atoms with E-state index in [9.17, 15) is 4.79 Å². The van der Waals surface area contributed by atoms with Gasteiger partial charge in [-0.15, -0.1) is 17.0 Å². The van der Waals surface area contributed by atoms with Crippen LogP contribution in [0.15, 0.2) is 0 Å². The van der Waals surface area contributed by atoms with Crippen LogP contribution in [0, 0.1) is 5.92 Å². The Morgan fingerprint density at radius 3 is 2.22 bits per heavy atom. The molecule has 9 heavy (non-hydrogen) atoms. The predicted molar refractivity (Wildman–Crippen MR) is 42.0 cm³/mol. The standard InChI is InChI=1S/C6H11NO.BrH/c8-5-6-1-3-7-4-2-6;/h5-7H,1-4H2;1H. The minimum Gasteiger partial charge on any atom is -0.317 e. The lowest BCUT2D eigenvalue weighted by Gasteiger charge is -2.16. The number of piperidine rings is 1. The molecular weight excluding hydrogens is 182 g/mol. The summed E-state index contributed by atoms with van der Waals surface area (Å²) < 4.78 is 0. The van der Waals surface area contributed by atoms with Gasteiger partial charge in [0.2, 0.25) is 0 Å². The Hall–Kier alpha value is 0.110. The van der Waals surface area contributed by atoms with Gasteiger partial charge in [0.1, 0.15) is 6.29 Å². The Morgan fingerprint density at radius 1 is 1.33 bits per heavy atom. The maximum Gasteiger partial charge on any atom is 0.123 e. The van der Waals surface area contributed by atoms with Gasteiger partial charge in [-0.05, 0) is 25.9 Å². The fourth-order valence-electron chi connectivity index (χ4n) is 0.980. The third-order valence-electron chi connectivity index (χ3n) is 1.58. The Bertz CT molecular complexity index is 81.1. The van der Waals surface area contributed by atoms with Gasteiger partial charge in [0.25, 0.3) is 0 Å². The SMILES string of the molecule is Br.O=CC1CCNCC1. The van der Waals surface area contributed by atoms with Gasteiger partial charge in [-0.3, -0.25) is 0 Å². The molecular formula is C6H12BrNO. The van der Waals surface area contributed by atoms with Crippen molar-refractivity contribution in [3.8, 4) is 0 Å². The maximum atomic E-state index is 10.1. The van der Waals surface area contributed by atoms with Crippen LogP contribution in [0.25, 0.3) is 0 Å². The van der Waals surface area contributed by atoms with Crippen molar-refractivity contribution >= 4 is 23.3 Å². The molecule has 0 aliphatic carbocycles. The number of halogens is 1. The van der Waals surface area contributed by atoms with E-state index in [4.69, 9.17) is 0 Å². The normalized spacial score (nSPS) is 20.4. The van der Waals surface area contributed by atoms with Crippen molar-refractivity contribution in [3.63, 3.8) is 0 Å². The van der Waals surface area contributed by atoms with Gasteiger partial charge >= 0.3 is 0 Å². The molecule has 1 fully saturated rings. The summed E-state index contributed by atoms with van der Waals surface area (Å²) in [5.74, 6) is 0.344. The summed E-state index contributed by atoms with van der Waals surface area (Å²) in [6, 6.07) is 0. The van der Waals surface area contributed by atoms with Gasteiger partial charge in [0, 0.05) is 5.92 Å². The van der Waals surface area contributed by atoms with Crippen LogP contribution in [-0.2, 0) is 4.79 Å². The molecule has 0 aromatic carbocycles. The van der Waals surface area contributed by atoms with E-state index >= 15 is 0 Å². The number of aldehydes is 1. The van der Waals surface area contributed by atoms with E-state index in [0.717, 1.165) is 32.2 Å². The van der Waals surface area contributed by atoms with Crippen molar-refractivity contribution in [1.29, 1.82) is 0 Å². The van der Waals surface area contributed by atoms with E-state index in [1.54, 1.807) is 0 Å². The summed E-state index contributed by atoms with van der Waals surface area (Å²) in [5.41, 5.74) is 0. The minimum atomic E-state index is 0. The average Bonchev–Trinajstić information content (AvgIpc) is 1.90. The molecule has 2 nitrogen and oxygen atoms in total. The summed E-state index contributed by atoms with van der Waals surface area (Å²) in [4.78, 5) is 10.1. The van der Waals surface area contributed by atoms with Gasteiger partial charge in [0.15, 0.2) is 0 Å². The molecule has 54 valence electrons. The van der Waals surface area contributed by atoms with Crippen molar-refractivity contribution in [1.82, 2.24) is 5.32 Å². The molecule has 1 N–H and O–H groups in total. The molecule has 1 aliphatic rings. The number of carbonyl (C=O) groups excluding carboxylic acids is 1. The molecule has 1 aliphatic heterocycles.